The number of carbonyl (C=O) groups excluding carboxylic acids is 2. The average molecular weight is 427 g/mol. The number of alkyl halides is 3. The minimum Gasteiger partial charge on any atom is -0.479 e. The van der Waals surface area contributed by atoms with Crippen molar-refractivity contribution in [2.45, 2.75) is 25.6 Å². The molecule has 2 aromatic heterocycles. The van der Waals surface area contributed by atoms with Crippen LogP contribution in [0, 0.1) is 5.92 Å². The molecule has 0 saturated carbocycles. The third kappa shape index (κ3) is 4.70. The van der Waals surface area contributed by atoms with Crippen LogP contribution in [-0.2, 0) is 17.5 Å². The number of amides is 2. The van der Waals surface area contributed by atoms with Gasteiger partial charge in [-0.3, -0.25) is 19.3 Å². The summed E-state index contributed by atoms with van der Waals surface area (Å²) in [6.07, 6.45) is -2.39. The maximum Gasteiger partial charge on any atom is 0.423 e. The van der Waals surface area contributed by atoms with E-state index < -0.39 is 35.1 Å². The summed E-state index contributed by atoms with van der Waals surface area (Å²) in [5.41, 5.74) is 3.13. The van der Waals surface area contributed by atoms with Crippen molar-refractivity contribution in [3.8, 4) is 5.88 Å². The fraction of sp³-hybridized carbons (Fsp3) is 0.444. The minimum atomic E-state index is -4.87. The molecule has 0 radical (unpaired) electrons. The van der Waals surface area contributed by atoms with Gasteiger partial charge in [0.05, 0.1) is 7.11 Å². The number of nitrogens with one attached hydrogen (secondary N) is 1. The van der Waals surface area contributed by atoms with Gasteiger partial charge in [-0.2, -0.15) is 13.2 Å². The third-order valence-corrected chi connectivity index (χ3v) is 4.65. The predicted octanol–water partition coefficient (Wildman–Crippen LogP) is 2.08. The zero-order valence-corrected chi connectivity index (χ0v) is 16.0. The zero-order chi connectivity index (χ0) is 21.9. The fourth-order valence-corrected chi connectivity index (χ4v) is 3.21. The number of primary amides is 1. The maximum atomic E-state index is 13.8. The van der Waals surface area contributed by atoms with Gasteiger partial charge >= 0.3 is 6.18 Å². The van der Waals surface area contributed by atoms with E-state index in [2.05, 4.69) is 15.4 Å². The Kier molecular flexibility index (Phi) is 6.25. The van der Waals surface area contributed by atoms with E-state index in [1.807, 2.05) is 0 Å². The summed E-state index contributed by atoms with van der Waals surface area (Å²) < 4.78 is 52.4. The summed E-state index contributed by atoms with van der Waals surface area (Å²) >= 11 is 0. The Hall–Kier alpha value is -3.15. The van der Waals surface area contributed by atoms with Gasteiger partial charge in [-0.25, -0.2) is 0 Å². The topological polar surface area (TPSA) is 121 Å². The number of halogens is 3. The molecule has 2 amide bonds. The van der Waals surface area contributed by atoms with Gasteiger partial charge in [-0.15, -0.1) is 5.10 Å². The number of pyridine rings is 1. The SMILES string of the molecule is COc1nn(CC2CCOCC2)c(C(=O)Nc2ccnc(C(N)=O)c2)c1C(F)(F)F. The summed E-state index contributed by atoms with van der Waals surface area (Å²) in [6.45, 7) is 1.08. The largest absolute Gasteiger partial charge is 0.479 e. The van der Waals surface area contributed by atoms with E-state index in [1.54, 1.807) is 0 Å². The van der Waals surface area contributed by atoms with Crippen LogP contribution in [0.25, 0.3) is 0 Å². The van der Waals surface area contributed by atoms with Gasteiger partial charge in [0, 0.05) is 31.6 Å². The van der Waals surface area contributed by atoms with E-state index in [0.717, 1.165) is 11.8 Å². The predicted molar refractivity (Wildman–Crippen MR) is 98.0 cm³/mol. The summed E-state index contributed by atoms with van der Waals surface area (Å²) in [5.74, 6) is -2.58. The van der Waals surface area contributed by atoms with Crippen molar-refractivity contribution < 1.29 is 32.2 Å². The number of nitrogens with two attached hydrogens (primary N) is 1. The van der Waals surface area contributed by atoms with E-state index in [9.17, 15) is 22.8 Å². The molecule has 3 heterocycles. The Morgan fingerprint density at radius 3 is 2.67 bits per heavy atom. The number of methoxy groups -OCH3 is 1. The molecule has 0 aliphatic carbocycles. The fourth-order valence-electron chi connectivity index (χ4n) is 3.21. The molecular formula is C18H20F3N5O4. The molecule has 1 saturated heterocycles. The molecule has 12 heteroatoms. The first-order valence-electron chi connectivity index (χ1n) is 9.07. The lowest BCUT2D eigenvalue weighted by Crippen LogP contribution is -2.26. The molecule has 162 valence electrons. The summed E-state index contributed by atoms with van der Waals surface area (Å²) in [7, 11) is 1.06. The van der Waals surface area contributed by atoms with Crippen molar-refractivity contribution in [1.29, 1.82) is 0 Å². The molecule has 9 nitrogen and oxygen atoms in total. The van der Waals surface area contributed by atoms with E-state index in [4.69, 9.17) is 15.2 Å². The van der Waals surface area contributed by atoms with Crippen LogP contribution < -0.4 is 15.8 Å². The van der Waals surface area contributed by atoms with Gasteiger partial charge in [0.25, 0.3) is 11.8 Å². The highest BCUT2D eigenvalue weighted by Gasteiger charge is 2.43. The van der Waals surface area contributed by atoms with Crippen LogP contribution >= 0.6 is 0 Å². The molecule has 0 atom stereocenters. The molecule has 0 aromatic carbocycles. The highest BCUT2D eigenvalue weighted by atomic mass is 19.4. The van der Waals surface area contributed by atoms with Crippen LogP contribution in [-0.4, -0.2) is 46.9 Å². The standard InChI is InChI=1S/C18H20F3N5O4/c1-29-17-13(18(19,20)21)14(26(25-17)9-10-3-6-30-7-4-10)16(28)24-11-2-5-23-12(8-11)15(22)27/h2,5,8,10H,3-4,6-7,9H2,1H3,(H2,22,27)(H,23,24,28). The Labute approximate surface area is 169 Å². The first-order chi connectivity index (χ1) is 14.2. The number of ether oxygens (including phenoxy) is 2. The van der Waals surface area contributed by atoms with Gasteiger partial charge in [-0.1, -0.05) is 0 Å². The normalized spacial score (nSPS) is 15.1. The summed E-state index contributed by atoms with van der Waals surface area (Å²) in [5, 5.41) is 6.24. The maximum absolute atomic E-state index is 13.8. The van der Waals surface area contributed by atoms with Gasteiger partial charge < -0.3 is 20.5 Å². The number of rotatable bonds is 6. The van der Waals surface area contributed by atoms with Crippen molar-refractivity contribution in [2.75, 3.05) is 25.6 Å². The Morgan fingerprint density at radius 2 is 2.07 bits per heavy atom. The second-order valence-electron chi connectivity index (χ2n) is 6.72. The smallest absolute Gasteiger partial charge is 0.423 e. The first kappa shape index (κ1) is 21.6. The van der Waals surface area contributed by atoms with E-state index in [1.165, 1.54) is 18.3 Å². The van der Waals surface area contributed by atoms with Crippen molar-refractivity contribution in [2.24, 2.45) is 11.7 Å². The molecule has 30 heavy (non-hydrogen) atoms. The summed E-state index contributed by atoms with van der Waals surface area (Å²) in [6, 6.07) is 2.50. The van der Waals surface area contributed by atoms with Gasteiger partial charge in [-0.05, 0) is 30.9 Å². The average Bonchev–Trinajstić information content (AvgIpc) is 3.08. The third-order valence-electron chi connectivity index (χ3n) is 4.65. The van der Waals surface area contributed by atoms with Gasteiger partial charge in [0.1, 0.15) is 17.0 Å². The van der Waals surface area contributed by atoms with Crippen molar-refractivity contribution in [3.63, 3.8) is 0 Å². The van der Waals surface area contributed by atoms with Crippen LogP contribution in [0.2, 0.25) is 0 Å². The molecule has 0 bridgehead atoms. The molecular weight excluding hydrogens is 407 g/mol. The lowest BCUT2D eigenvalue weighted by Gasteiger charge is -2.22. The molecule has 1 aliphatic heterocycles. The molecule has 3 rings (SSSR count). The number of carbonyl (C=O) groups is 2. The van der Waals surface area contributed by atoms with Crippen molar-refractivity contribution >= 4 is 17.5 Å². The van der Waals surface area contributed by atoms with Crippen LogP contribution in [0.5, 0.6) is 5.88 Å². The van der Waals surface area contributed by atoms with Gasteiger partial charge in [0.15, 0.2) is 0 Å². The molecule has 3 N–H and O–H groups in total. The van der Waals surface area contributed by atoms with Crippen LogP contribution in [0.4, 0.5) is 18.9 Å². The van der Waals surface area contributed by atoms with Crippen LogP contribution in [0.3, 0.4) is 0 Å². The van der Waals surface area contributed by atoms with Gasteiger partial charge in [0.2, 0.25) is 5.88 Å². The minimum absolute atomic E-state index is 0.00150. The second-order valence-corrected chi connectivity index (χ2v) is 6.72. The van der Waals surface area contributed by atoms with Crippen LogP contribution in [0.1, 0.15) is 39.4 Å². The lowest BCUT2D eigenvalue weighted by molar-refractivity contribution is -0.139. The number of aromatic nitrogens is 3. The van der Waals surface area contributed by atoms with Crippen molar-refractivity contribution in [3.05, 3.63) is 35.3 Å². The Morgan fingerprint density at radius 1 is 1.37 bits per heavy atom. The first-order valence-corrected chi connectivity index (χ1v) is 9.07. The highest BCUT2D eigenvalue weighted by molar-refractivity contribution is 6.05. The highest BCUT2D eigenvalue weighted by Crippen LogP contribution is 2.39. The molecule has 1 aliphatic rings. The monoisotopic (exact) mass is 427 g/mol. The lowest BCUT2D eigenvalue weighted by atomic mass is 10.0. The molecule has 2 aromatic rings. The summed E-state index contributed by atoms with van der Waals surface area (Å²) in [4.78, 5) is 27.9. The van der Waals surface area contributed by atoms with Crippen LogP contribution in [0.15, 0.2) is 18.3 Å². The number of hydrogen-bond acceptors (Lipinski definition) is 6. The second kappa shape index (κ2) is 8.69. The van der Waals surface area contributed by atoms with E-state index in [0.29, 0.717) is 26.1 Å². The quantitative estimate of drug-likeness (QED) is 0.728. The zero-order valence-electron chi connectivity index (χ0n) is 16.0. The number of anilines is 1. The van der Waals surface area contributed by atoms with Crippen molar-refractivity contribution in [1.82, 2.24) is 14.8 Å². The van der Waals surface area contributed by atoms with E-state index >= 15 is 0 Å². The van der Waals surface area contributed by atoms with E-state index in [-0.39, 0.29) is 23.8 Å². The molecule has 0 spiro atoms. The Bertz CT molecular complexity index is 938. The molecule has 1 fully saturated rings. The number of hydrogen-bond donors (Lipinski definition) is 2. The Balaban J connectivity index is 1.99. The number of nitrogens with zero attached hydrogens (tertiary/aromatic N) is 3. The molecule has 0 unspecified atom stereocenters.